The summed E-state index contributed by atoms with van der Waals surface area (Å²) < 4.78 is 10.5. The van der Waals surface area contributed by atoms with Gasteiger partial charge < -0.3 is 15.2 Å². The van der Waals surface area contributed by atoms with Crippen molar-refractivity contribution in [1.29, 1.82) is 0 Å². The zero-order valence-electron chi connectivity index (χ0n) is 9.19. The molecule has 0 atom stereocenters. The van der Waals surface area contributed by atoms with Crippen molar-refractivity contribution in [2.24, 2.45) is 0 Å². The first-order chi connectivity index (χ1) is 7.74. The van der Waals surface area contributed by atoms with Crippen LogP contribution in [0.2, 0.25) is 0 Å². The molecule has 0 amide bonds. The van der Waals surface area contributed by atoms with E-state index in [1.807, 2.05) is 29.6 Å². The summed E-state index contributed by atoms with van der Waals surface area (Å²) in [6, 6.07) is 7.68. The van der Waals surface area contributed by atoms with Crippen molar-refractivity contribution in [2.45, 2.75) is 0 Å². The molecule has 1 aromatic carbocycles. The number of nitrogens with two attached hydrogens (primary N) is 1. The minimum atomic E-state index is 0.781. The SMILES string of the molecule is COc1ccc(-c2csc(N)c2)c(OC)c1. The Bertz CT molecular complexity index is 494. The summed E-state index contributed by atoms with van der Waals surface area (Å²) in [6.45, 7) is 0. The molecule has 16 heavy (non-hydrogen) atoms. The highest BCUT2D eigenvalue weighted by atomic mass is 32.1. The predicted molar refractivity (Wildman–Crippen MR) is 67.3 cm³/mol. The van der Waals surface area contributed by atoms with Gasteiger partial charge in [0.05, 0.1) is 19.2 Å². The molecule has 0 unspecified atom stereocenters. The van der Waals surface area contributed by atoms with Crippen molar-refractivity contribution < 1.29 is 9.47 Å². The minimum absolute atomic E-state index is 0.781. The molecular weight excluding hydrogens is 222 g/mol. The molecule has 0 aliphatic heterocycles. The Kier molecular flexibility index (Phi) is 3.01. The molecule has 3 nitrogen and oxygen atoms in total. The van der Waals surface area contributed by atoms with Crippen LogP contribution in [0.15, 0.2) is 29.6 Å². The second-order valence-corrected chi connectivity index (χ2v) is 4.25. The molecule has 84 valence electrons. The maximum atomic E-state index is 5.72. The molecule has 1 aromatic heterocycles. The number of hydrogen-bond acceptors (Lipinski definition) is 4. The second kappa shape index (κ2) is 4.45. The highest BCUT2D eigenvalue weighted by Crippen LogP contribution is 2.36. The number of methoxy groups -OCH3 is 2. The van der Waals surface area contributed by atoms with E-state index in [0.717, 1.165) is 27.6 Å². The van der Waals surface area contributed by atoms with E-state index < -0.39 is 0 Å². The third-order valence-electron chi connectivity index (χ3n) is 2.34. The van der Waals surface area contributed by atoms with E-state index in [2.05, 4.69) is 0 Å². The van der Waals surface area contributed by atoms with Crippen molar-refractivity contribution in [1.82, 2.24) is 0 Å². The molecule has 0 spiro atoms. The first-order valence-corrected chi connectivity index (χ1v) is 5.69. The fourth-order valence-electron chi connectivity index (χ4n) is 1.53. The van der Waals surface area contributed by atoms with Crippen LogP contribution in [-0.4, -0.2) is 14.2 Å². The average Bonchev–Trinajstić information content (AvgIpc) is 2.74. The topological polar surface area (TPSA) is 44.5 Å². The fraction of sp³-hybridized carbons (Fsp3) is 0.167. The molecule has 0 bridgehead atoms. The molecule has 0 aliphatic carbocycles. The Balaban J connectivity index is 2.48. The van der Waals surface area contributed by atoms with Gasteiger partial charge in [0.2, 0.25) is 0 Å². The van der Waals surface area contributed by atoms with E-state index in [4.69, 9.17) is 15.2 Å². The van der Waals surface area contributed by atoms with Gasteiger partial charge in [-0.3, -0.25) is 0 Å². The molecule has 0 saturated carbocycles. The molecule has 0 saturated heterocycles. The number of thiophene rings is 1. The van der Waals surface area contributed by atoms with E-state index in [9.17, 15) is 0 Å². The van der Waals surface area contributed by atoms with Gasteiger partial charge in [0.25, 0.3) is 0 Å². The molecule has 4 heteroatoms. The van der Waals surface area contributed by atoms with E-state index >= 15 is 0 Å². The number of ether oxygens (including phenoxy) is 2. The van der Waals surface area contributed by atoms with E-state index in [0.29, 0.717) is 0 Å². The quantitative estimate of drug-likeness (QED) is 0.889. The monoisotopic (exact) mass is 235 g/mol. The molecule has 1 heterocycles. The van der Waals surface area contributed by atoms with Gasteiger partial charge >= 0.3 is 0 Å². The van der Waals surface area contributed by atoms with Crippen LogP contribution in [0, 0.1) is 0 Å². The van der Waals surface area contributed by atoms with Gasteiger partial charge in [-0.2, -0.15) is 0 Å². The Morgan fingerprint density at radius 2 is 1.94 bits per heavy atom. The molecule has 0 fully saturated rings. The largest absolute Gasteiger partial charge is 0.497 e. The lowest BCUT2D eigenvalue weighted by molar-refractivity contribution is 0.395. The van der Waals surface area contributed by atoms with Crippen LogP contribution in [0.25, 0.3) is 11.1 Å². The predicted octanol–water partition coefficient (Wildman–Crippen LogP) is 3.01. The lowest BCUT2D eigenvalue weighted by atomic mass is 10.1. The Morgan fingerprint density at radius 3 is 2.50 bits per heavy atom. The van der Waals surface area contributed by atoms with E-state index in [1.165, 1.54) is 11.3 Å². The van der Waals surface area contributed by atoms with E-state index in [1.54, 1.807) is 14.2 Å². The van der Waals surface area contributed by atoms with Crippen molar-refractivity contribution in [3.63, 3.8) is 0 Å². The summed E-state index contributed by atoms with van der Waals surface area (Å²) in [4.78, 5) is 0. The number of anilines is 1. The van der Waals surface area contributed by atoms with Gasteiger partial charge in [-0.1, -0.05) is 0 Å². The van der Waals surface area contributed by atoms with Crippen LogP contribution in [0.4, 0.5) is 5.00 Å². The number of hydrogen-bond donors (Lipinski definition) is 1. The van der Waals surface area contributed by atoms with Crippen molar-refractivity contribution in [3.8, 4) is 22.6 Å². The van der Waals surface area contributed by atoms with Crippen molar-refractivity contribution in [3.05, 3.63) is 29.6 Å². The second-order valence-electron chi connectivity index (χ2n) is 3.30. The normalized spacial score (nSPS) is 10.1. The number of benzene rings is 1. The zero-order chi connectivity index (χ0) is 11.5. The van der Waals surface area contributed by atoms with Crippen LogP contribution >= 0.6 is 11.3 Å². The van der Waals surface area contributed by atoms with Gasteiger partial charge in [-0.25, -0.2) is 0 Å². The summed E-state index contributed by atoms with van der Waals surface area (Å²) in [7, 11) is 3.28. The van der Waals surface area contributed by atoms with Crippen molar-refractivity contribution in [2.75, 3.05) is 20.0 Å². The first-order valence-electron chi connectivity index (χ1n) is 4.81. The first kappa shape index (κ1) is 10.8. The smallest absolute Gasteiger partial charge is 0.130 e. The van der Waals surface area contributed by atoms with Gasteiger partial charge in [0, 0.05) is 17.0 Å². The molecule has 0 aliphatic rings. The van der Waals surface area contributed by atoms with Crippen molar-refractivity contribution >= 4 is 16.3 Å². The summed E-state index contributed by atoms with van der Waals surface area (Å²) in [5.74, 6) is 1.57. The Morgan fingerprint density at radius 1 is 1.12 bits per heavy atom. The summed E-state index contributed by atoms with van der Waals surface area (Å²) in [5, 5.41) is 2.81. The summed E-state index contributed by atoms with van der Waals surface area (Å²) >= 11 is 1.52. The lowest BCUT2D eigenvalue weighted by Crippen LogP contribution is -1.89. The third-order valence-corrected chi connectivity index (χ3v) is 3.10. The van der Waals surface area contributed by atoms with Crippen LogP contribution < -0.4 is 15.2 Å². The molecule has 0 radical (unpaired) electrons. The average molecular weight is 235 g/mol. The molecular formula is C12H13NO2S. The zero-order valence-corrected chi connectivity index (χ0v) is 10.0. The third kappa shape index (κ3) is 1.97. The number of rotatable bonds is 3. The minimum Gasteiger partial charge on any atom is -0.497 e. The van der Waals surface area contributed by atoms with Crippen LogP contribution in [0.3, 0.4) is 0 Å². The van der Waals surface area contributed by atoms with Crippen LogP contribution in [-0.2, 0) is 0 Å². The Labute approximate surface area is 98.4 Å². The maximum absolute atomic E-state index is 5.72. The van der Waals surface area contributed by atoms with Crippen LogP contribution in [0.5, 0.6) is 11.5 Å². The van der Waals surface area contributed by atoms with E-state index in [-0.39, 0.29) is 0 Å². The molecule has 2 N–H and O–H groups in total. The highest BCUT2D eigenvalue weighted by Gasteiger charge is 2.08. The van der Waals surface area contributed by atoms with Gasteiger partial charge in [0.15, 0.2) is 0 Å². The van der Waals surface area contributed by atoms with Gasteiger partial charge in [-0.15, -0.1) is 11.3 Å². The summed E-state index contributed by atoms with van der Waals surface area (Å²) in [5.41, 5.74) is 7.81. The van der Waals surface area contributed by atoms with Gasteiger partial charge in [0.1, 0.15) is 11.5 Å². The number of nitrogen functional groups attached to an aromatic ring is 1. The fourth-order valence-corrected chi connectivity index (χ4v) is 2.18. The molecule has 2 rings (SSSR count). The summed E-state index contributed by atoms with van der Waals surface area (Å²) in [6.07, 6.45) is 0. The maximum Gasteiger partial charge on any atom is 0.130 e. The van der Waals surface area contributed by atoms with Gasteiger partial charge in [-0.05, 0) is 23.8 Å². The molecule has 2 aromatic rings. The Hall–Kier alpha value is -1.68. The van der Waals surface area contributed by atoms with Crippen LogP contribution in [0.1, 0.15) is 0 Å². The highest BCUT2D eigenvalue weighted by molar-refractivity contribution is 7.14. The lowest BCUT2D eigenvalue weighted by Gasteiger charge is -2.08. The standard InChI is InChI=1S/C12H13NO2S/c1-14-9-3-4-10(11(6-9)15-2)8-5-12(13)16-7-8/h3-7H,13H2,1-2H3.